The number of hydrogen-bond acceptors (Lipinski definition) is 4. The summed E-state index contributed by atoms with van der Waals surface area (Å²) in [6.07, 6.45) is 0.988. The summed E-state index contributed by atoms with van der Waals surface area (Å²) in [5.41, 5.74) is 3.46. The van der Waals surface area contributed by atoms with Crippen LogP contribution in [0.15, 0.2) is 35.3 Å². The van der Waals surface area contributed by atoms with Gasteiger partial charge in [-0.1, -0.05) is 26.0 Å². The molecule has 0 aliphatic rings. The predicted molar refractivity (Wildman–Crippen MR) is 124 cm³/mol. The molecule has 30 heavy (non-hydrogen) atoms. The normalized spacial score (nSPS) is 11.7. The maximum absolute atomic E-state index is 5.85. The molecule has 0 saturated heterocycles. The third-order valence-electron chi connectivity index (χ3n) is 5.12. The van der Waals surface area contributed by atoms with Gasteiger partial charge in [0.15, 0.2) is 5.96 Å². The molecule has 2 aromatic rings. The molecule has 7 nitrogen and oxygen atoms in total. The quantitative estimate of drug-likeness (QED) is 0.318. The fourth-order valence-corrected chi connectivity index (χ4v) is 3.28. The number of guanidine groups is 1. The highest BCUT2D eigenvalue weighted by Gasteiger charge is 2.03. The van der Waals surface area contributed by atoms with Gasteiger partial charge in [-0.15, -0.1) is 0 Å². The minimum Gasteiger partial charge on any atom is -0.492 e. The summed E-state index contributed by atoms with van der Waals surface area (Å²) in [4.78, 5) is 6.66. The molecule has 2 N–H and O–H groups in total. The number of nitrogens with zero attached hydrogens (tertiary/aromatic N) is 4. The zero-order valence-electron chi connectivity index (χ0n) is 19.2. The number of hydrogen-bond donors (Lipinski definition) is 2. The van der Waals surface area contributed by atoms with Crippen molar-refractivity contribution in [3.63, 3.8) is 0 Å². The smallest absolute Gasteiger partial charge is 0.191 e. The molecular weight excluding hydrogens is 376 g/mol. The maximum atomic E-state index is 5.85. The Morgan fingerprint density at radius 3 is 2.47 bits per heavy atom. The van der Waals surface area contributed by atoms with Crippen LogP contribution in [0.1, 0.15) is 37.2 Å². The standard InChI is InChI=1S/C23H38N6O/c1-6-28(7-2)15-16-30-22-11-9-21(10-12-22)18-26-23(24-5)25-13-8-14-29-20(4)17-19(3)27-29/h9-12,17H,6-8,13-16,18H2,1-5H3,(H2,24,25,26). The van der Waals surface area contributed by atoms with Crippen LogP contribution in [-0.4, -0.2) is 60.5 Å². The minimum absolute atomic E-state index is 0.716. The molecule has 0 fully saturated rings. The Labute approximate surface area is 181 Å². The zero-order chi connectivity index (χ0) is 21.8. The molecule has 0 amide bonds. The van der Waals surface area contributed by atoms with Crippen molar-refractivity contribution in [2.24, 2.45) is 4.99 Å². The largest absolute Gasteiger partial charge is 0.492 e. The second-order valence-corrected chi connectivity index (χ2v) is 7.38. The molecule has 0 radical (unpaired) electrons. The van der Waals surface area contributed by atoms with Gasteiger partial charge < -0.3 is 20.3 Å². The molecular formula is C23H38N6O. The molecule has 1 heterocycles. The van der Waals surface area contributed by atoms with Gasteiger partial charge in [-0.3, -0.25) is 9.67 Å². The van der Waals surface area contributed by atoms with Crippen molar-refractivity contribution in [2.75, 3.05) is 39.8 Å². The molecule has 0 saturated carbocycles. The van der Waals surface area contributed by atoms with Gasteiger partial charge in [0.05, 0.1) is 5.69 Å². The van der Waals surface area contributed by atoms with E-state index in [1.165, 1.54) is 11.3 Å². The van der Waals surface area contributed by atoms with Crippen LogP contribution in [-0.2, 0) is 13.1 Å². The van der Waals surface area contributed by atoms with Crippen LogP contribution in [0.2, 0.25) is 0 Å². The van der Waals surface area contributed by atoms with Crippen LogP contribution in [0.3, 0.4) is 0 Å². The lowest BCUT2D eigenvalue weighted by Gasteiger charge is -2.18. The van der Waals surface area contributed by atoms with Crippen molar-refractivity contribution in [1.29, 1.82) is 0 Å². The van der Waals surface area contributed by atoms with Gasteiger partial charge in [0.2, 0.25) is 0 Å². The van der Waals surface area contributed by atoms with Crippen LogP contribution >= 0.6 is 0 Å². The first kappa shape index (κ1) is 23.7. The van der Waals surface area contributed by atoms with E-state index in [1.54, 1.807) is 7.05 Å². The molecule has 166 valence electrons. The molecule has 0 aliphatic carbocycles. The first-order valence-corrected chi connectivity index (χ1v) is 10.9. The third-order valence-corrected chi connectivity index (χ3v) is 5.12. The molecule has 0 unspecified atom stereocenters. The number of nitrogens with one attached hydrogen (secondary N) is 2. The molecule has 7 heteroatoms. The Hall–Kier alpha value is -2.54. The van der Waals surface area contributed by atoms with E-state index in [0.29, 0.717) is 6.61 Å². The number of ether oxygens (including phenoxy) is 1. The summed E-state index contributed by atoms with van der Waals surface area (Å²) in [5.74, 6) is 1.72. The summed E-state index contributed by atoms with van der Waals surface area (Å²) in [5, 5.41) is 11.2. The van der Waals surface area contributed by atoms with Gasteiger partial charge in [-0.05, 0) is 57.1 Å². The molecule has 0 spiro atoms. The van der Waals surface area contributed by atoms with E-state index in [0.717, 1.165) is 63.1 Å². The van der Waals surface area contributed by atoms with Crippen LogP contribution in [0.4, 0.5) is 0 Å². The van der Waals surface area contributed by atoms with E-state index in [1.807, 2.05) is 19.1 Å². The predicted octanol–water partition coefficient (Wildman–Crippen LogP) is 2.98. The number of likely N-dealkylation sites (N-methyl/N-ethyl adjacent to an activating group) is 1. The number of aliphatic imine (C=N–C) groups is 1. The second-order valence-electron chi connectivity index (χ2n) is 7.38. The molecule has 1 aromatic heterocycles. The molecule has 1 aromatic carbocycles. The number of benzene rings is 1. The van der Waals surface area contributed by atoms with Gasteiger partial charge in [0.1, 0.15) is 12.4 Å². The van der Waals surface area contributed by atoms with Crippen molar-refractivity contribution >= 4 is 5.96 Å². The van der Waals surface area contributed by atoms with Crippen LogP contribution in [0.25, 0.3) is 0 Å². The van der Waals surface area contributed by atoms with Gasteiger partial charge in [-0.2, -0.15) is 5.10 Å². The first-order chi connectivity index (χ1) is 14.5. The van der Waals surface area contributed by atoms with E-state index in [4.69, 9.17) is 4.74 Å². The average Bonchev–Trinajstić information content (AvgIpc) is 3.08. The monoisotopic (exact) mass is 414 g/mol. The van der Waals surface area contributed by atoms with E-state index < -0.39 is 0 Å². The van der Waals surface area contributed by atoms with Crippen molar-refractivity contribution < 1.29 is 4.74 Å². The Balaban J connectivity index is 1.67. The van der Waals surface area contributed by atoms with E-state index >= 15 is 0 Å². The topological polar surface area (TPSA) is 66.7 Å². The molecule has 0 atom stereocenters. The Kier molecular flexibility index (Phi) is 10.2. The van der Waals surface area contributed by atoms with Crippen molar-refractivity contribution in [1.82, 2.24) is 25.3 Å². The number of rotatable bonds is 12. The van der Waals surface area contributed by atoms with Gasteiger partial charge in [0, 0.05) is 38.9 Å². The third kappa shape index (κ3) is 8.06. The van der Waals surface area contributed by atoms with E-state index in [9.17, 15) is 0 Å². The minimum atomic E-state index is 0.716. The molecule has 2 rings (SSSR count). The van der Waals surface area contributed by atoms with Crippen molar-refractivity contribution in [3.05, 3.63) is 47.3 Å². The van der Waals surface area contributed by atoms with Crippen molar-refractivity contribution in [3.8, 4) is 5.75 Å². The second kappa shape index (κ2) is 12.9. The fourth-order valence-electron chi connectivity index (χ4n) is 3.28. The highest BCUT2D eigenvalue weighted by Crippen LogP contribution is 2.12. The van der Waals surface area contributed by atoms with E-state index in [-0.39, 0.29) is 0 Å². The lowest BCUT2D eigenvalue weighted by Crippen LogP contribution is -2.37. The summed E-state index contributed by atoms with van der Waals surface area (Å²) >= 11 is 0. The Morgan fingerprint density at radius 1 is 1.13 bits per heavy atom. The van der Waals surface area contributed by atoms with Gasteiger partial charge in [0.25, 0.3) is 0 Å². The van der Waals surface area contributed by atoms with Gasteiger partial charge in [-0.25, -0.2) is 0 Å². The highest BCUT2D eigenvalue weighted by atomic mass is 16.5. The number of aryl methyl sites for hydroxylation is 3. The van der Waals surface area contributed by atoms with Crippen LogP contribution < -0.4 is 15.4 Å². The lowest BCUT2D eigenvalue weighted by molar-refractivity contribution is 0.223. The summed E-state index contributed by atoms with van der Waals surface area (Å²) in [6, 6.07) is 10.4. The summed E-state index contributed by atoms with van der Waals surface area (Å²) in [6.45, 7) is 14.7. The number of aromatic nitrogens is 2. The van der Waals surface area contributed by atoms with Crippen LogP contribution in [0.5, 0.6) is 5.75 Å². The summed E-state index contributed by atoms with van der Waals surface area (Å²) < 4.78 is 7.90. The first-order valence-electron chi connectivity index (χ1n) is 10.9. The highest BCUT2D eigenvalue weighted by molar-refractivity contribution is 5.79. The SMILES string of the molecule is CCN(CC)CCOc1ccc(CNC(=NC)NCCCn2nc(C)cc2C)cc1. The van der Waals surface area contributed by atoms with Gasteiger partial charge >= 0.3 is 0 Å². The summed E-state index contributed by atoms with van der Waals surface area (Å²) in [7, 11) is 1.79. The Morgan fingerprint density at radius 2 is 1.87 bits per heavy atom. The zero-order valence-corrected chi connectivity index (χ0v) is 19.2. The van der Waals surface area contributed by atoms with E-state index in [2.05, 4.69) is 69.3 Å². The fraction of sp³-hybridized carbons (Fsp3) is 0.565. The molecule has 0 bridgehead atoms. The van der Waals surface area contributed by atoms with Crippen LogP contribution in [0, 0.1) is 13.8 Å². The maximum Gasteiger partial charge on any atom is 0.191 e. The lowest BCUT2D eigenvalue weighted by atomic mass is 10.2. The van der Waals surface area contributed by atoms with Crippen molar-refractivity contribution in [2.45, 2.75) is 47.2 Å². The average molecular weight is 415 g/mol. The Bertz CT molecular complexity index is 765. The molecule has 0 aliphatic heterocycles.